The molecule has 11 heavy (non-hydrogen) atoms. The Morgan fingerprint density at radius 3 is 2.91 bits per heavy atom. The van der Waals surface area contributed by atoms with E-state index in [0.717, 1.165) is 19.3 Å². The van der Waals surface area contributed by atoms with Crippen LogP contribution in [-0.2, 0) is 0 Å². The van der Waals surface area contributed by atoms with Crippen LogP contribution < -0.4 is 5.73 Å². The van der Waals surface area contributed by atoms with E-state index in [1.54, 1.807) is 0 Å². The summed E-state index contributed by atoms with van der Waals surface area (Å²) in [5.74, 6) is 2.57. The second-order valence-corrected chi connectivity index (χ2v) is 2.47. The largest absolute Gasteiger partial charge is 0.390 e. The van der Waals surface area contributed by atoms with Gasteiger partial charge in [0, 0.05) is 6.42 Å². The Bertz CT molecular complexity index is 146. The number of rotatable bonds is 5. The Morgan fingerprint density at radius 1 is 1.64 bits per heavy atom. The molecule has 0 rings (SSSR count). The van der Waals surface area contributed by atoms with Gasteiger partial charge >= 0.3 is 0 Å². The van der Waals surface area contributed by atoms with Crippen molar-refractivity contribution in [3.8, 4) is 12.3 Å². The zero-order valence-electron chi connectivity index (χ0n) is 6.79. The van der Waals surface area contributed by atoms with E-state index < -0.39 is 0 Å². The van der Waals surface area contributed by atoms with E-state index in [9.17, 15) is 0 Å². The molecule has 1 atom stereocenters. The van der Waals surface area contributed by atoms with Crippen molar-refractivity contribution in [2.75, 3.05) is 6.61 Å². The zero-order valence-corrected chi connectivity index (χ0v) is 6.79. The lowest BCUT2D eigenvalue weighted by atomic mass is 10.2. The highest BCUT2D eigenvalue weighted by Gasteiger charge is 1.94. The number of quaternary nitrogens is 1. The summed E-state index contributed by atoms with van der Waals surface area (Å²) in [5.41, 5.74) is 3.70. The van der Waals surface area contributed by atoms with Crippen molar-refractivity contribution in [2.24, 2.45) is 0 Å². The molecule has 0 heterocycles. The summed E-state index contributed by atoms with van der Waals surface area (Å²) in [6, 6.07) is 0.0286. The summed E-state index contributed by atoms with van der Waals surface area (Å²) >= 11 is 0. The molecular formula is C9H16NO+. The first kappa shape index (κ1) is 10.2. The molecule has 2 nitrogen and oxygen atoms in total. The van der Waals surface area contributed by atoms with Gasteiger partial charge in [0.25, 0.3) is 0 Å². The monoisotopic (exact) mass is 154 g/mol. The van der Waals surface area contributed by atoms with Crippen LogP contribution in [0.15, 0.2) is 12.2 Å². The van der Waals surface area contributed by atoms with E-state index in [1.807, 2.05) is 12.2 Å². The third-order valence-electron chi connectivity index (χ3n) is 1.33. The Hall–Kier alpha value is -0.780. The van der Waals surface area contributed by atoms with Crippen LogP contribution >= 0.6 is 0 Å². The maximum atomic E-state index is 8.59. The lowest BCUT2D eigenvalue weighted by Gasteiger charge is -1.94. The van der Waals surface area contributed by atoms with Gasteiger partial charge in [-0.25, -0.2) is 0 Å². The molecule has 0 aromatic heterocycles. The normalized spacial score (nSPS) is 13.2. The quantitative estimate of drug-likeness (QED) is 0.325. The van der Waals surface area contributed by atoms with Gasteiger partial charge < -0.3 is 10.8 Å². The van der Waals surface area contributed by atoms with Gasteiger partial charge in [0.05, 0.1) is 6.61 Å². The summed E-state index contributed by atoms with van der Waals surface area (Å²) in [6.07, 6.45) is 11.8. The number of aliphatic hydroxyl groups is 1. The first-order chi connectivity index (χ1) is 5.31. The van der Waals surface area contributed by atoms with Crippen molar-refractivity contribution in [1.29, 1.82) is 0 Å². The van der Waals surface area contributed by atoms with E-state index >= 15 is 0 Å². The molecule has 0 aliphatic carbocycles. The van der Waals surface area contributed by atoms with Crippen LogP contribution in [0.2, 0.25) is 0 Å². The molecule has 0 aromatic rings. The maximum Gasteiger partial charge on any atom is 0.126 e. The predicted molar refractivity (Wildman–Crippen MR) is 45.6 cm³/mol. The van der Waals surface area contributed by atoms with E-state index in [-0.39, 0.29) is 12.6 Å². The maximum absolute atomic E-state index is 8.59. The summed E-state index contributed by atoms with van der Waals surface area (Å²) in [4.78, 5) is 0. The Labute approximate surface area is 68.1 Å². The fourth-order valence-electron chi connectivity index (χ4n) is 0.672. The standard InChI is InChI=1S/C9H15NO/c1-2-3-4-5-6-7-9(10)8-11/h1,6-7,9,11H,3-5,8,10H2/p+1/b7-6-/t9-/m1/s1. The number of hydrogen-bond acceptors (Lipinski definition) is 1. The second kappa shape index (κ2) is 7.33. The minimum absolute atomic E-state index is 0.0286. The van der Waals surface area contributed by atoms with Gasteiger partial charge in [0.1, 0.15) is 6.04 Å². The molecular weight excluding hydrogens is 138 g/mol. The van der Waals surface area contributed by atoms with Gasteiger partial charge in [0.2, 0.25) is 0 Å². The molecule has 0 radical (unpaired) electrons. The molecule has 4 N–H and O–H groups in total. The first-order valence-corrected chi connectivity index (χ1v) is 3.85. The summed E-state index contributed by atoms with van der Waals surface area (Å²) < 4.78 is 0. The molecule has 0 aromatic carbocycles. The molecule has 2 heteroatoms. The smallest absolute Gasteiger partial charge is 0.126 e. The average molecular weight is 154 g/mol. The molecule has 0 spiro atoms. The number of aliphatic hydroxyl groups excluding tert-OH is 1. The second-order valence-electron chi connectivity index (χ2n) is 2.47. The fourth-order valence-corrected chi connectivity index (χ4v) is 0.672. The Balaban J connectivity index is 3.23. The SMILES string of the molecule is C#CCCC/C=C\[C@@H]([NH3+])CO. The van der Waals surface area contributed by atoms with Crippen LogP contribution in [0.4, 0.5) is 0 Å². The lowest BCUT2D eigenvalue weighted by Crippen LogP contribution is -2.61. The van der Waals surface area contributed by atoms with Gasteiger partial charge in [-0.3, -0.25) is 0 Å². The molecule has 0 fully saturated rings. The Morgan fingerprint density at radius 2 is 2.36 bits per heavy atom. The van der Waals surface area contributed by atoms with Crippen molar-refractivity contribution in [3.05, 3.63) is 12.2 Å². The molecule has 0 bridgehead atoms. The number of hydrogen-bond donors (Lipinski definition) is 2. The van der Waals surface area contributed by atoms with Gasteiger partial charge in [-0.15, -0.1) is 12.3 Å². The topological polar surface area (TPSA) is 47.9 Å². The zero-order chi connectivity index (χ0) is 8.53. The van der Waals surface area contributed by atoms with Crippen LogP contribution in [0.5, 0.6) is 0 Å². The van der Waals surface area contributed by atoms with Crippen molar-refractivity contribution in [1.82, 2.24) is 0 Å². The first-order valence-electron chi connectivity index (χ1n) is 3.85. The number of terminal acetylenes is 1. The Kier molecular flexibility index (Phi) is 6.81. The van der Waals surface area contributed by atoms with Crippen LogP contribution in [-0.4, -0.2) is 17.8 Å². The van der Waals surface area contributed by atoms with Crippen LogP contribution in [0.1, 0.15) is 19.3 Å². The summed E-state index contributed by atoms with van der Waals surface area (Å²) in [7, 11) is 0. The number of unbranched alkanes of at least 4 members (excludes halogenated alkanes) is 2. The minimum atomic E-state index is 0.0286. The lowest BCUT2D eigenvalue weighted by molar-refractivity contribution is -0.408. The fraction of sp³-hybridized carbons (Fsp3) is 0.556. The van der Waals surface area contributed by atoms with Crippen molar-refractivity contribution in [3.63, 3.8) is 0 Å². The molecule has 0 saturated carbocycles. The molecule has 62 valence electrons. The average Bonchev–Trinajstić information content (AvgIpc) is 2.04. The highest BCUT2D eigenvalue weighted by atomic mass is 16.3. The van der Waals surface area contributed by atoms with Crippen LogP contribution in [0.3, 0.4) is 0 Å². The van der Waals surface area contributed by atoms with Gasteiger partial charge in [-0.2, -0.15) is 0 Å². The van der Waals surface area contributed by atoms with Crippen molar-refractivity contribution < 1.29 is 10.8 Å². The van der Waals surface area contributed by atoms with Crippen molar-refractivity contribution in [2.45, 2.75) is 25.3 Å². The molecule has 0 amide bonds. The summed E-state index contributed by atoms with van der Waals surface area (Å²) in [5, 5.41) is 8.59. The molecule has 0 unspecified atom stereocenters. The predicted octanol–water partition coefficient (Wildman–Crippen LogP) is -0.0511. The minimum Gasteiger partial charge on any atom is -0.390 e. The third kappa shape index (κ3) is 7.11. The van der Waals surface area contributed by atoms with E-state index in [2.05, 4.69) is 11.7 Å². The van der Waals surface area contributed by atoms with Crippen LogP contribution in [0, 0.1) is 12.3 Å². The number of allylic oxidation sites excluding steroid dienone is 1. The highest BCUT2D eigenvalue weighted by molar-refractivity contribution is 4.89. The van der Waals surface area contributed by atoms with E-state index in [4.69, 9.17) is 11.5 Å². The van der Waals surface area contributed by atoms with Crippen LogP contribution in [0.25, 0.3) is 0 Å². The molecule has 0 aliphatic rings. The summed E-state index contributed by atoms with van der Waals surface area (Å²) in [6.45, 7) is 0.117. The molecule has 0 saturated heterocycles. The molecule has 0 aliphatic heterocycles. The highest BCUT2D eigenvalue weighted by Crippen LogP contribution is 1.94. The van der Waals surface area contributed by atoms with E-state index in [0.29, 0.717) is 0 Å². The van der Waals surface area contributed by atoms with E-state index in [1.165, 1.54) is 0 Å². The third-order valence-corrected chi connectivity index (χ3v) is 1.33. The van der Waals surface area contributed by atoms with Gasteiger partial charge in [-0.1, -0.05) is 6.08 Å². The van der Waals surface area contributed by atoms with Crippen molar-refractivity contribution >= 4 is 0 Å². The van der Waals surface area contributed by atoms with Gasteiger partial charge in [0.15, 0.2) is 0 Å². The van der Waals surface area contributed by atoms with Gasteiger partial charge in [-0.05, 0) is 18.9 Å².